The molecule has 262 valence electrons. The minimum atomic E-state index is -0.413. The molecule has 0 saturated carbocycles. The van der Waals surface area contributed by atoms with Gasteiger partial charge in [-0.1, -0.05) is 124 Å². The molecule has 0 aliphatic carbocycles. The lowest BCUT2D eigenvalue weighted by molar-refractivity contribution is 0.590. The fourth-order valence-electron chi connectivity index (χ4n) is 8.52. The van der Waals surface area contributed by atoms with Crippen LogP contribution in [0.1, 0.15) is 33.2 Å². The molecule has 11 rings (SSSR count). The highest BCUT2D eigenvalue weighted by Crippen LogP contribution is 2.41. The van der Waals surface area contributed by atoms with Gasteiger partial charge in [0, 0.05) is 49.8 Å². The van der Waals surface area contributed by atoms with Crippen LogP contribution in [0, 0.1) is 0 Å². The lowest BCUT2D eigenvalue weighted by Gasteiger charge is -2.19. The molecule has 0 aliphatic heterocycles. The summed E-state index contributed by atoms with van der Waals surface area (Å²) in [6.07, 6.45) is 0. The summed E-state index contributed by atoms with van der Waals surface area (Å²) in [7, 11) is 0. The van der Waals surface area contributed by atoms with E-state index in [4.69, 9.17) is 11.3 Å². The average Bonchev–Trinajstić information content (AvgIpc) is 3.92. The van der Waals surface area contributed by atoms with Gasteiger partial charge in [0.2, 0.25) is 0 Å². The SMILES string of the molecule is [2H]c1c([2H])c([2H])c(-c2cccc3oc4cc(-n5c6ccccc6c6cc(-c7ccc8c(c7)c7ccccc7n8-c7ccc(C(C)(C)C)cc7)ccc65)ccc4c23)c([2H])c1[2H]. The summed E-state index contributed by atoms with van der Waals surface area (Å²) in [5.41, 5.74) is 12.1. The molecule has 3 aromatic heterocycles. The van der Waals surface area contributed by atoms with E-state index in [9.17, 15) is 0 Å². The van der Waals surface area contributed by atoms with Gasteiger partial charge in [-0.3, -0.25) is 0 Å². The zero-order valence-electron chi connectivity index (χ0n) is 35.7. The van der Waals surface area contributed by atoms with Crippen molar-refractivity contribution < 1.29 is 11.3 Å². The van der Waals surface area contributed by atoms with Crippen molar-refractivity contribution in [1.82, 2.24) is 9.13 Å². The van der Waals surface area contributed by atoms with Gasteiger partial charge in [0.15, 0.2) is 0 Å². The number of fused-ring (bicyclic) bond motifs is 9. The number of rotatable bonds is 4. The van der Waals surface area contributed by atoms with Gasteiger partial charge in [0.05, 0.1) is 28.9 Å². The monoisotopic (exact) mass is 711 g/mol. The van der Waals surface area contributed by atoms with Gasteiger partial charge in [-0.05, 0) is 100.0 Å². The summed E-state index contributed by atoms with van der Waals surface area (Å²) in [5.74, 6) is 0. The number of nitrogens with zero attached hydrogens (tertiary/aromatic N) is 2. The second kappa shape index (κ2) is 11.8. The molecule has 0 unspecified atom stereocenters. The fourth-order valence-corrected chi connectivity index (χ4v) is 8.52. The second-order valence-electron chi connectivity index (χ2n) is 15.4. The number of para-hydroxylation sites is 2. The van der Waals surface area contributed by atoms with E-state index in [0.29, 0.717) is 22.1 Å². The standard InChI is InChI=1S/C52H38N2O/c1-52(2,3)36-22-24-37(25-23-36)53-45-17-9-7-14-40(45)43-30-34(20-28-47(43)53)35-21-29-48-44(31-35)41-15-8-10-18-46(41)54(48)38-26-27-42-50(32-38)55-49-19-11-16-39(51(42)49)33-12-5-4-6-13-33/h4-32H,1-3H3/i4D,5D,6D,12D,13D. The predicted molar refractivity (Wildman–Crippen MR) is 232 cm³/mol. The third-order valence-electron chi connectivity index (χ3n) is 11.2. The topological polar surface area (TPSA) is 23.0 Å². The van der Waals surface area contributed by atoms with Crippen LogP contribution in [0.25, 0.3) is 99.2 Å². The molecule has 0 atom stereocenters. The number of aromatic nitrogens is 2. The van der Waals surface area contributed by atoms with Gasteiger partial charge in [-0.25, -0.2) is 0 Å². The molecule has 0 bridgehead atoms. The molecule has 0 saturated heterocycles. The van der Waals surface area contributed by atoms with Crippen LogP contribution in [0.3, 0.4) is 0 Å². The Morgan fingerprint density at radius 2 is 1.04 bits per heavy atom. The van der Waals surface area contributed by atoms with Crippen molar-refractivity contribution in [2.24, 2.45) is 0 Å². The highest BCUT2D eigenvalue weighted by molar-refractivity contribution is 6.15. The first-order chi connectivity index (χ1) is 29.0. The van der Waals surface area contributed by atoms with Crippen molar-refractivity contribution >= 4 is 65.6 Å². The number of benzene rings is 8. The summed E-state index contributed by atoms with van der Waals surface area (Å²) >= 11 is 0. The Hall–Kier alpha value is -6.84. The van der Waals surface area contributed by atoms with Gasteiger partial charge < -0.3 is 13.6 Å². The molecule has 0 spiro atoms. The van der Waals surface area contributed by atoms with Crippen molar-refractivity contribution in [1.29, 1.82) is 0 Å². The summed E-state index contributed by atoms with van der Waals surface area (Å²) in [6, 6.07) is 49.5. The molecule has 3 heteroatoms. The van der Waals surface area contributed by atoms with Gasteiger partial charge >= 0.3 is 0 Å². The first-order valence-electron chi connectivity index (χ1n) is 21.2. The Kier molecular flexibility index (Phi) is 5.78. The van der Waals surface area contributed by atoms with Crippen LogP contribution in [0.2, 0.25) is 0 Å². The Morgan fingerprint density at radius 3 is 1.67 bits per heavy atom. The molecule has 8 aromatic carbocycles. The maximum Gasteiger partial charge on any atom is 0.137 e. The minimum absolute atomic E-state index is 0.0805. The van der Waals surface area contributed by atoms with Gasteiger partial charge in [-0.15, -0.1) is 0 Å². The molecular formula is C52H38N2O. The molecule has 0 aliphatic rings. The second-order valence-corrected chi connectivity index (χ2v) is 15.4. The molecule has 11 aromatic rings. The summed E-state index contributed by atoms with van der Waals surface area (Å²) in [5, 5.41) is 6.21. The fraction of sp³-hybridized carbons (Fsp3) is 0.0769. The predicted octanol–water partition coefficient (Wildman–Crippen LogP) is 14.4. The van der Waals surface area contributed by atoms with Gasteiger partial charge in [-0.2, -0.15) is 0 Å². The average molecular weight is 712 g/mol. The van der Waals surface area contributed by atoms with E-state index in [2.05, 4.69) is 145 Å². The molecule has 0 radical (unpaired) electrons. The summed E-state index contributed by atoms with van der Waals surface area (Å²) < 4.78 is 53.2. The highest BCUT2D eigenvalue weighted by Gasteiger charge is 2.19. The van der Waals surface area contributed by atoms with E-state index in [1.54, 1.807) is 12.1 Å². The molecule has 3 nitrogen and oxygen atoms in total. The maximum absolute atomic E-state index is 8.68. The van der Waals surface area contributed by atoms with Crippen molar-refractivity contribution in [3.05, 3.63) is 181 Å². The van der Waals surface area contributed by atoms with Crippen LogP contribution < -0.4 is 0 Å². The van der Waals surface area contributed by atoms with E-state index < -0.39 is 6.04 Å². The van der Waals surface area contributed by atoms with Gasteiger partial charge in [0.1, 0.15) is 11.2 Å². The minimum Gasteiger partial charge on any atom is -0.456 e. The van der Waals surface area contributed by atoms with E-state index in [-0.39, 0.29) is 35.1 Å². The van der Waals surface area contributed by atoms with Crippen LogP contribution >= 0.6 is 0 Å². The van der Waals surface area contributed by atoms with Crippen LogP contribution in [-0.2, 0) is 5.41 Å². The van der Waals surface area contributed by atoms with Crippen molar-refractivity contribution in [3.8, 4) is 33.6 Å². The van der Waals surface area contributed by atoms with E-state index in [1.807, 2.05) is 18.2 Å². The van der Waals surface area contributed by atoms with Crippen LogP contribution in [0.4, 0.5) is 0 Å². The molecule has 3 heterocycles. The lowest BCUT2D eigenvalue weighted by atomic mass is 9.87. The van der Waals surface area contributed by atoms with Crippen molar-refractivity contribution in [2.75, 3.05) is 0 Å². The number of hydrogen-bond donors (Lipinski definition) is 0. The molecule has 55 heavy (non-hydrogen) atoms. The van der Waals surface area contributed by atoms with Gasteiger partial charge in [0.25, 0.3) is 0 Å². The van der Waals surface area contributed by atoms with E-state index in [0.717, 1.165) is 49.7 Å². The first kappa shape index (κ1) is 26.9. The summed E-state index contributed by atoms with van der Waals surface area (Å²) in [6.45, 7) is 6.74. The van der Waals surface area contributed by atoms with Crippen LogP contribution in [0.5, 0.6) is 0 Å². The maximum atomic E-state index is 8.68. The molecule has 0 N–H and O–H groups in total. The first-order valence-corrected chi connectivity index (χ1v) is 18.7. The Balaban J connectivity index is 1.04. The Morgan fingerprint density at radius 1 is 0.455 bits per heavy atom. The van der Waals surface area contributed by atoms with E-state index in [1.165, 1.54) is 27.4 Å². The molecule has 0 fully saturated rings. The zero-order chi connectivity index (χ0) is 41.2. The smallest absolute Gasteiger partial charge is 0.137 e. The zero-order valence-corrected chi connectivity index (χ0v) is 30.7. The normalized spacial score (nSPS) is 13.5. The quantitative estimate of drug-likeness (QED) is 0.178. The lowest BCUT2D eigenvalue weighted by Crippen LogP contribution is -2.10. The van der Waals surface area contributed by atoms with E-state index >= 15 is 0 Å². The van der Waals surface area contributed by atoms with Crippen molar-refractivity contribution in [2.45, 2.75) is 26.2 Å². The largest absolute Gasteiger partial charge is 0.456 e. The molecular weight excluding hydrogens is 669 g/mol. The Bertz CT molecular complexity index is 3560. The number of hydrogen-bond acceptors (Lipinski definition) is 1. The summed E-state index contributed by atoms with van der Waals surface area (Å²) in [4.78, 5) is 0. The van der Waals surface area contributed by atoms with Crippen LogP contribution in [0.15, 0.2) is 180 Å². The third-order valence-corrected chi connectivity index (χ3v) is 11.2. The third kappa shape index (κ3) is 4.90. The van der Waals surface area contributed by atoms with Crippen molar-refractivity contribution in [3.63, 3.8) is 0 Å². The Labute approximate surface area is 326 Å². The number of furan rings is 1. The molecule has 0 amide bonds. The highest BCUT2D eigenvalue weighted by atomic mass is 16.3. The van der Waals surface area contributed by atoms with Crippen LogP contribution in [-0.4, -0.2) is 9.13 Å².